The number of nitrogens with one attached hydrogen (secondary N) is 1. The largest absolute Gasteiger partial charge is 0.598 e. The van der Waals surface area contributed by atoms with Gasteiger partial charge in [0.25, 0.3) is 0 Å². The summed E-state index contributed by atoms with van der Waals surface area (Å²) < 4.78 is 17.0. The zero-order chi connectivity index (χ0) is 19.9. The van der Waals surface area contributed by atoms with E-state index in [4.69, 9.17) is 0 Å². The average Bonchev–Trinajstić information content (AvgIpc) is 2.95. The molecule has 4 rings (SSSR count). The number of benzene rings is 1. The second-order valence-corrected chi connectivity index (χ2v) is 11.8. The van der Waals surface area contributed by atoms with Crippen LogP contribution in [0.25, 0.3) is 0 Å². The minimum Gasteiger partial charge on any atom is -0.598 e. The van der Waals surface area contributed by atoms with Crippen molar-refractivity contribution in [2.45, 2.75) is 50.8 Å². The summed E-state index contributed by atoms with van der Waals surface area (Å²) in [6.07, 6.45) is 4.81. The van der Waals surface area contributed by atoms with E-state index in [1.54, 1.807) is 6.20 Å². The van der Waals surface area contributed by atoms with E-state index in [1.807, 2.05) is 20.8 Å². The van der Waals surface area contributed by atoms with Gasteiger partial charge in [-0.1, -0.05) is 24.3 Å². The van der Waals surface area contributed by atoms with Crippen LogP contribution < -0.4 is 9.62 Å². The fraction of sp³-hybridized carbons (Fsp3) is 0.550. The first-order valence-corrected chi connectivity index (χ1v) is 11.9. The third kappa shape index (κ3) is 3.88. The Hall–Kier alpha value is -0.970. The van der Waals surface area contributed by atoms with Gasteiger partial charge in [0.15, 0.2) is 0 Å². The summed E-state index contributed by atoms with van der Waals surface area (Å²) in [6.45, 7) is 7.83. The molecular formula is C20H26IN5OS. The van der Waals surface area contributed by atoms with Crippen molar-refractivity contribution in [1.29, 1.82) is 0 Å². The number of nitrogens with zero attached hydrogens (tertiary/aromatic N) is 4. The van der Waals surface area contributed by atoms with Crippen LogP contribution in [0.2, 0.25) is 0 Å². The van der Waals surface area contributed by atoms with Gasteiger partial charge in [-0.15, -0.1) is 14.9 Å². The Morgan fingerprint density at radius 3 is 2.57 bits per heavy atom. The highest BCUT2D eigenvalue weighted by molar-refractivity contribution is 14.1. The zero-order valence-electron chi connectivity index (χ0n) is 16.5. The Morgan fingerprint density at radius 2 is 1.93 bits per heavy atom. The van der Waals surface area contributed by atoms with Gasteiger partial charge in [0.05, 0.1) is 12.2 Å². The van der Waals surface area contributed by atoms with Crippen molar-refractivity contribution in [3.8, 4) is 0 Å². The molecule has 1 spiro atoms. The highest BCUT2D eigenvalue weighted by Gasteiger charge is 2.50. The van der Waals surface area contributed by atoms with Gasteiger partial charge in [0.1, 0.15) is 8.45 Å². The van der Waals surface area contributed by atoms with Gasteiger partial charge in [-0.25, -0.2) is 4.98 Å². The molecule has 150 valence electrons. The van der Waals surface area contributed by atoms with Gasteiger partial charge in [-0.05, 0) is 73.8 Å². The Labute approximate surface area is 183 Å². The number of piperidine rings is 1. The van der Waals surface area contributed by atoms with Crippen LogP contribution in [-0.2, 0) is 17.8 Å². The first-order chi connectivity index (χ1) is 13.3. The molecule has 0 unspecified atom stereocenters. The molecule has 0 amide bonds. The van der Waals surface area contributed by atoms with Crippen LogP contribution in [0.4, 0.5) is 5.95 Å². The van der Waals surface area contributed by atoms with E-state index in [1.165, 1.54) is 11.1 Å². The number of hydrogen-bond acceptors (Lipinski definition) is 6. The van der Waals surface area contributed by atoms with E-state index in [2.05, 4.69) is 71.7 Å². The third-order valence-corrected chi connectivity index (χ3v) is 7.92. The molecule has 0 radical (unpaired) electrons. The average molecular weight is 511 g/mol. The van der Waals surface area contributed by atoms with Crippen LogP contribution in [0, 0.1) is 9.12 Å². The first-order valence-electron chi connectivity index (χ1n) is 9.65. The summed E-state index contributed by atoms with van der Waals surface area (Å²) in [5, 5.41) is 8.39. The van der Waals surface area contributed by atoms with Crippen molar-refractivity contribution < 1.29 is 4.55 Å². The molecule has 28 heavy (non-hydrogen) atoms. The van der Waals surface area contributed by atoms with Crippen LogP contribution >= 0.6 is 22.6 Å². The normalized spacial score (nSPS) is 22.3. The first kappa shape index (κ1) is 20.3. The van der Waals surface area contributed by atoms with Crippen molar-refractivity contribution in [3.63, 3.8) is 0 Å². The number of anilines is 1. The highest BCUT2D eigenvalue weighted by atomic mass is 127. The second-order valence-electron chi connectivity index (χ2n) is 8.74. The van der Waals surface area contributed by atoms with E-state index in [-0.39, 0.29) is 16.2 Å². The molecular weight excluding hydrogens is 485 g/mol. The Kier molecular flexibility index (Phi) is 5.58. The molecule has 2 aromatic rings. The van der Waals surface area contributed by atoms with Crippen molar-refractivity contribution in [2.24, 2.45) is 5.41 Å². The van der Waals surface area contributed by atoms with E-state index < -0.39 is 11.4 Å². The van der Waals surface area contributed by atoms with Gasteiger partial charge >= 0.3 is 0 Å². The van der Waals surface area contributed by atoms with Crippen LogP contribution in [-0.4, -0.2) is 37.6 Å². The standard InChI is InChI=1S/C20H26IN5OS/c1-19(2,3)28(27)25-17-15-7-5-4-6-14(15)12-20(17)8-10-26(11-9-20)18-22-13-16(21)23-24-18/h4-7,13,17,25H,8-12H2,1-3H3/t17-,28-/m1/s1. The fourth-order valence-corrected chi connectivity index (χ4v) is 5.47. The molecule has 6 nitrogen and oxygen atoms in total. The number of halogens is 1. The maximum absolute atomic E-state index is 12.9. The summed E-state index contributed by atoms with van der Waals surface area (Å²) in [6, 6.07) is 8.72. The summed E-state index contributed by atoms with van der Waals surface area (Å²) in [5.41, 5.74) is 2.77. The highest BCUT2D eigenvalue weighted by Crippen LogP contribution is 2.52. The molecule has 1 fully saturated rings. The number of fused-ring (bicyclic) bond motifs is 1. The quantitative estimate of drug-likeness (QED) is 0.503. The summed E-state index contributed by atoms with van der Waals surface area (Å²) >= 11 is 1.01. The molecule has 1 aromatic heterocycles. The van der Waals surface area contributed by atoms with Crippen LogP contribution in [0.1, 0.15) is 50.8 Å². The summed E-state index contributed by atoms with van der Waals surface area (Å²) in [7, 11) is 0. The van der Waals surface area contributed by atoms with Gasteiger partial charge in [0, 0.05) is 29.9 Å². The molecule has 0 saturated carbocycles. The topological polar surface area (TPSA) is 77.0 Å². The van der Waals surface area contributed by atoms with E-state index >= 15 is 0 Å². The molecule has 1 aromatic carbocycles. The van der Waals surface area contributed by atoms with Crippen molar-refractivity contribution in [2.75, 3.05) is 18.0 Å². The van der Waals surface area contributed by atoms with Gasteiger partial charge in [-0.2, -0.15) is 0 Å². The number of hydrogen-bond donors (Lipinski definition) is 1. The van der Waals surface area contributed by atoms with E-state index in [0.717, 1.165) is 36.1 Å². The predicted octanol–water partition coefficient (Wildman–Crippen LogP) is 3.41. The predicted molar refractivity (Wildman–Crippen MR) is 120 cm³/mol. The second kappa shape index (κ2) is 7.70. The third-order valence-electron chi connectivity index (χ3n) is 5.87. The number of aromatic nitrogens is 3. The molecule has 1 N–H and O–H groups in total. The molecule has 8 heteroatoms. The zero-order valence-corrected chi connectivity index (χ0v) is 19.5. The number of rotatable bonds is 3. The maximum atomic E-state index is 12.9. The lowest BCUT2D eigenvalue weighted by molar-refractivity contribution is 0.175. The molecule has 1 aliphatic heterocycles. The molecule has 1 saturated heterocycles. The minimum absolute atomic E-state index is 0.0811. The lowest BCUT2D eigenvalue weighted by Gasteiger charge is -2.43. The van der Waals surface area contributed by atoms with Crippen molar-refractivity contribution >= 4 is 39.9 Å². The lowest BCUT2D eigenvalue weighted by Crippen LogP contribution is -2.50. The minimum atomic E-state index is -1.11. The SMILES string of the molecule is CC(C)(C)[S@@+]([O-])N[C@@H]1c2ccccc2CC12CCN(c1ncc(I)nn1)CC2. The monoisotopic (exact) mass is 511 g/mol. The smallest absolute Gasteiger partial charge is 0.245 e. The molecule has 2 aliphatic rings. The molecule has 1 aliphatic carbocycles. The van der Waals surface area contributed by atoms with Crippen molar-refractivity contribution in [3.05, 3.63) is 45.3 Å². The van der Waals surface area contributed by atoms with Crippen molar-refractivity contribution in [1.82, 2.24) is 19.9 Å². The Morgan fingerprint density at radius 1 is 1.21 bits per heavy atom. The molecule has 2 heterocycles. The summed E-state index contributed by atoms with van der Waals surface area (Å²) in [4.78, 5) is 6.65. The van der Waals surface area contributed by atoms with E-state index in [0.29, 0.717) is 5.95 Å². The molecule has 2 atom stereocenters. The van der Waals surface area contributed by atoms with Gasteiger partial charge in [-0.3, -0.25) is 0 Å². The maximum Gasteiger partial charge on any atom is 0.245 e. The fourth-order valence-electron chi connectivity index (χ4n) is 4.28. The van der Waals surface area contributed by atoms with Crippen LogP contribution in [0.5, 0.6) is 0 Å². The van der Waals surface area contributed by atoms with E-state index in [9.17, 15) is 4.55 Å². The lowest BCUT2D eigenvalue weighted by atomic mass is 9.73. The Balaban J connectivity index is 1.56. The van der Waals surface area contributed by atoms with Crippen LogP contribution in [0.15, 0.2) is 30.5 Å². The van der Waals surface area contributed by atoms with Gasteiger partial charge < -0.3 is 9.45 Å². The summed E-state index contributed by atoms with van der Waals surface area (Å²) in [5.74, 6) is 0.702. The molecule has 0 bridgehead atoms. The Bertz CT molecular complexity index is 833. The van der Waals surface area contributed by atoms with Crippen LogP contribution in [0.3, 0.4) is 0 Å². The van der Waals surface area contributed by atoms with Gasteiger partial charge in [0.2, 0.25) is 5.95 Å².